The highest BCUT2D eigenvalue weighted by molar-refractivity contribution is 9.10. The van der Waals surface area contributed by atoms with Gasteiger partial charge in [0.05, 0.1) is 16.3 Å². The van der Waals surface area contributed by atoms with Crippen LogP contribution in [-0.4, -0.2) is 18.2 Å². The number of rotatable bonds is 2. The van der Waals surface area contributed by atoms with Gasteiger partial charge in [0.2, 0.25) is 0 Å². The lowest BCUT2D eigenvalue weighted by atomic mass is 9.74. The molecule has 3 rings (SSSR count). The molecule has 1 N–H and O–H groups in total. The van der Waals surface area contributed by atoms with Crippen molar-refractivity contribution in [1.29, 1.82) is 0 Å². The van der Waals surface area contributed by atoms with E-state index >= 15 is 0 Å². The van der Waals surface area contributed by atoms with Gasteiger partial charge < -0.3 is 10.1 Å². The SMILES string of the molecule is Clc1ccc(Br)cc1NC1CCOC2(CCC2)C1. The predicted molar refractivity (Wildman–Crippen MR) is 78.3 cm³/mol. The minimum absolute atomic E-state index is 0.175. The molecule has 2 fully saturated rings. The minimum atomic E-state index is 0.175. The number of benzene rings is 1. The fourth-order valence-corrected chi connectivity index (χ4v) is 3.43. The Morgan fingerprint density at radius 1 is 1.39 bits per heavy atom. The Labute approximate surface area is 121 Å². The van der Waals surface area contributed by atoms with Crippen molar-refractivity contribution in [1.82, 2.24) is 0 Å². The van der Waals surface area contributed by atoms with Crippen molar-refractivity contribution in [3.63, 3.8) is 0 Å². The van der Waals surface area contributed by atoms with Crippen molar-refractivity contribution in [2.75, 3.05) is 11.9 Å². The second-order valence-corrected chi connectivity index (χ2v) is 6.67. The zero-order valence-corrected chi connectivity index (χ0v) is 12.6. The van der Waals surface area contributed by atoms with Crippen molar-refractivity contribution < 1.29 is 4.74 Å². The maximum Gasteiger partial charge on any atom is 0.0702 e. The van der Waals surface area contributed by atoms with E-state index in [1.54, 1.807) is 0 Å². The molecule has 2 nitrogen and oxygen atoms in total. The quantitative estimate of drug-likeness (QED) is 0.854. The van der Waals surface area contributed by atoms with E-state index in [-0.39, 0.29) is 5.60 Å². The summed E-state index contributed by atoms with van der Waals surface area (Å²) in [5.74, 6) is 0. The fraction of sp³-hybridized carbons (Fsp3) is 0.571. The smallest absolute Gasteiger partial charge is 0.0702 e. The number of anilines is 1. The average Bonchev–Trinajstić information content (AvgIpc) is 2.32. The highest BCUT2D eigenvalue weighted by Gasteiger charge is 2.42. The fourth-order valence-electron chi connectivity index (χ4n) is 2.90. The Morgan fingerprint density at radius 3 is 2.94 bits per heavy atom. The molecule has 4 heteroatoms. The molecule has 0 amide bonds. The summed E-state index contributed by atoms with van der Waals surface area (Å²) in [5.41, 5.74) is 1.20. The van der Waals surface area contributed by atoms with Gasteiger partial charge >= 0.3 is 0 Å². The molecule has 1 aliphatic carbocycles. The number of ether oxygens (including phenoxy) is 1. The maximum absolute atomic E-state index is 6.22. The molecule has 0 bridgehead atoms. The lowest BCUT2D eigenvalue weighted by Gasteiger charge is -2.47. The van der Waals surface area contributed by atoms with Gasteiger partial charge in [-0.05, 0) is 50.3 Å². The highest BCUT2D eigenvalue weighted by Crippen LogP contribution is 2.43. The molecule has 1 heterocycles. The van der Waals surface area contributed by atoms with Crippen molar-refractivity contribution in [3.05, 3.63) is 27.7 Å². The summed E-state index contributed by atoms with van der Waals surface area (Å²) in [5, 5.41) is 4.36. The Morgan fingerprint density at radius 2 is 2.22 bits per heavy atom. The molecule has 2 aliphatic rings. The van der Waals surface area contributed by atoms with E-state index < -0.39 is 0 Å². The predicted octanol–water partition coefficient (Wildman–Crippen LogP) is 4.62. The maximum atomic E-state index is 6.22. The van der Waals surface area contributed by atoms with Crippen LogP contribution < -0.4 is 5.32 Å². The summed E-state index contributed by atoms with van der Waals surface area (Å²) in [6.07, 6.45) is 5.92. The van der Waals surface area contributed by atoms with Crippen molar-refractivity contribution >= 4 is 33.2 Å². The summed E-state index contributed by atoms with van der Waals surface area (Å²) in [6, 6.07) is 6.41. The van der Waals surface area contributed by atoms with E-state index in [1.807, 2.05) is 18.2 Å². The van der Waals surface area contributed by atoms with Crippen LogP contribution in [0.2, 0.25) is 5.02 Å². The minimum Gasteiger partial charge on any atom is -0.381 e. The molecular formula is C14H17BrClNO. The van der Waals surface area contributed by atoms with Gasteiger partial charge in [0.15, 0.2) is 0 Å². The molecule has 1 aromatic rings. The first kappa shape index (κ1) is 12.8. The van der Waals surface area contributed by atoms with Crippen molar-refractivity contribution in [2.24, 2.45) is 0 Å². The van der Waals surface area contributed by atoms with Gasteiger partial charge in [-0.1, -0.05) is 27.5 Å². The largest absolute Gasteiger partial charge is 0.381 e. The van der Waals surface area contributed by atoms with Crippen LogP contribution in [0, 0.1) is 0 Å². The van der Waals surface area contributed by atoms with Gasteiger partial charge in [-0.3, -0.25) is 0 Å². The molecule has 98 valence electrons. The van der Waals surface area contributed by atoms with Crippen LogP contribution in [0.5, 0.6) is 0 Å². The zero-order valence-electron chi connectivity index (χ0n) is 10.2. The molecule has 1 saturated carbocycles. The normalized spacial score (nSPS) is 25.8. The van der Waals surface area contributed by atoms with Crippen LogP contribution in [0.3, 0.4) is 0 Å². The van der Waals surface area contributed by atoms with Crippen LogP contribution in [0.4, 0.5) is 5.69 Å². The first-order chi connectivity index (χ1) is 8.67. The molecule has 1 spiro atoms. The molecule has 1 saturated heterocycles. The topological polar surface area (TPSA) is 21.3 Å². The summed E-state index contributed by atoms with van der Waals surface area (Å²) in [7, 11) is 0. The number of hydrogen-bond acceptors (Lipinski definition) is 2. The van der Waals surface area contributed by atoms with Crippen LogP contribution in [0.25, 0.3) is 0 Å². The Balaban J connectivity index is 1.70. The monoisotopic (exact) mass is 329 g/mol. The van der Waals surface area contributed by atoms with Crippen LogP contribution in [0.15, 0.2) is 22.7 Å². The Bertz CT molecular complexity index is 447. The van der Waals surface area contributed by atoms with Crippen molar-refractivity contribution in [2.45, 2.75) is 43.7 Å². The Kier molecular flexibility index (Phi) is 3.57. The second kappa shape index (κ2) is 5.03. The van der Waals surface area contributed by atoms with Gasteiger partial charge in [0.1, 0.15) is 0 Å². The number of nitrogens with one attached hydrogen (secondary N) is 1. The van der Waals surface area contributed by atoms with E-state index in [0.29, 0.717) is 6.04 Å². The van der Waals surface area contributed by atoms with Crippen LogP contribution >= 0.6 is 27.5 Å². The summed E-state index contributed by atoms with van der Waals surface area (Å²) in [4.78, 5) is 0. The second-order valence-electron chi connectivity index (χ2n) is 5.34. The molecule has 1 aliphatic heterocycles. The summed E-state index contributed by atoms with van der Waals surface area (Å²) < 4.78 is 7.00. The molecule has 1 unspecified atom stereocenters. The number of halogens is 2. The summed E-state index contributed by atoms with van der Waals surface area (Å²) >= 11 is 9.70. The lowest BCUT2D eigenvalue weighted by molar-refractivity contribution is -0.130. The first-order valence-corrected chi connectivity index (χ1v) is 7.70. The van der Waals surface area contributed by atoms with Gasteiger partial charge in [-0.2, -0.15) is 0 Å². The summed E-state index contributed by atoms with van der Waals surface area (Å²) in [6.45, 7) is 0.864. The van der Waals surface area contributed by atoms with E-state index in [4.69, 9.17) is 16.3 Å². The van der Waals surface area contributed by atoms with Crippen LogP contribution in [-0.2, 0) is 4.74 Å². The van der Waals surface area contributed by atoms with E-state index in [1.165, 1.54) is 19.3 Å². The lowest BCUT2D eigenvalue weighted by Crippen LogP contribution is -2.49. The van der Waals surface area contributed by atoms with Crippen molar-refractivity contribution in [3.8, 4) is 0 Å². The van der Waals surface area contributed by atoms with E-state index in [9.17, 15) is 0 Å². The Hall–Kier alpha value is -0.250. The van der Waals surface area contributed by atoms with E-state index in [2.05, 4.69) is 21.2 Å². The zero-order chi connectivity index (χ0) is 12.6. The molecule has 18 heavy (non-hydrogen) atoms. The van der Waals surface area contributed by atoms with E-state index in [0.717, 1.165) is 34.6 Å². The average molecular weight is 331 g/mol. The molecule has 0 aromatic heterocycles. The molecule has 0 radical (unpaired) electrons. The van der Waals surface area contributed by atoms with Gasteiger partial charge in [0, 0.05) is 17.1 Å². The number of hydrogen-bond donors (Lipinski definition) is 1. The molecule has 1 atom stereocenters. The third-order valence-electron chi connectivity index (χ3n) is 4.05. The van der Waals surface area contributed by atoms with Gasteiger partial charge in [-0.25, -0.2) is 0 Å². The molecular weight excluding hydrogens is 314 g/mol. The standard InChI is InChI=1S/C14H17BrClNO/c15-10-2-3-12(16)13(8-10)17-11-4-7-18-14(9-11)5-1-6-14/h2-3,8,11,17H,1,4-7,9H2. The third-order valence-corrected chi connectivity index (χ3v) is 4.87. The highest BCUT2D eigenvalue weighted by atomic mass is 79.9. The third kappa shape index (κ3) is 2.54. The van der Waals surface area contributed by atoms with Gasteiger partial charge in [-0.15, -0.1) is 0 Å². The first-order valence-electron chi connectivity index (χ1n) is 6.52. The van der Waals surface area contributed by atoms with Crippen LogP contribution in [0.1, 0.15) is 32.1 Å². The molecule has 1 aromatic carbocycles. The van der Waals surface area contributed by atoms with Gasteiger partial charge in [0.25, 0.3) is 0 Å².